The van der Waals surface area contributed by atoms with Crippen LogP contribution in [0.15, 0.2) is 82.7 Å². The molecule has 1 heterocycles. The zero-order valence-electron chi connectivity index (χ0n) is 17.8. The molecule has 1 amide bonds. The summed E-state index contributed by atoms with van der Waals surface area (Å²) in [7, 11) is 3.17. The van der Waals surface area contributed by atoms with Crippen molar-refractivity contribution in [3.8, 4) is 11.5 Å². The molecule has 33 heavy (non-hydrogen) atoms. The van der Waals surface area contributed by atoms with Gasteiger partial charge in [0.25, 0.3) is 11.6 Å². The number of nitro benzene ring substituents is 1. The number of nitro groups is 1. The molecule has 9 heteroatoms. The molecule has 0 atom stereocenters. The third-order valence-electron chi connectivity index (χ3n) is 4.84. The number of benzene rings is 3. The second kappa shape index (κ2) is 9.58. The number of hydrogen-bond acceptors (Lipinski definition) is 7. The van der Waals surface area contributed by atoms with E-state index >= 15 is 0 Å². The van der Waals surface area contributed by atoms with Crippen LogP contribution in [0.2, 0.25) is 0 Å². The van der Waals surface area contributed by atoms with Crippen LogP contribution >= 0.6 is 11.8 Å². The molecule has 1 fully saturated rings. The first-order chi connectivity index (χ1) is 16.0. The van der Waals surface area contributed by atoms with E-state index in [0.717, 1.165) is 0 Å². The molecule has 0 spiro atoms. The van der Waals surface area contributed by atoms with Gasteiger partial charge in [-0.1, -0.05) is 0 Å². The maximum absolute atomic E-state index is 13.3. The zero-order valence-corrected chi connectivity index (χ0v) is 18.6. The molecule has 4 rings (SSSR count). The van der Waals surface area contributed by atoms with Gasteiger partial charge in [-0.3, -0.25) is 19.8 Å². The first-order valence-corrected chi connectivity index (χ1v) is 10.7. The number of carbonyl (C=O) groups is 1. The third kappa shape index (κ3) is 4.88. The van der Waals surface area contributed by atoms with Gasteiger partial charge in [-0.05, 0) is 84.1 Å². The average Bonchev–Trinajstić information content (AvgIpc) is 3.14. The molecule has 8 nitrogen and oxygen atoms in total. The van der Waals surface area contributed by atoms with E-state index in [2.05, 4.69) is 4.99 Å². The van der Waals surface area contributed by atoms with E-state index in [4.69, 9.17) is 9.47 Å². The standard InChI is InChI=1S/C24H19N3O5S/c1-31-20-11-5-17(6-12-20)25-24-26(18-9-13-21(32-2)14-10-18)23(28)22(33-24)15-16-3-7-19(8-4-16)27(29)30/h3-15H,1-2H3. The number of hydrogen-bond donors (Lipinski definition) is 0. The summed E-state index contributed by atoms with van der Waals surface area (Å²) >= 11 is 1.23. The van der Waals surface area contributed by atoms with Gasteiger partial charge in [0.1, 0.15) is 11.5 Å². The van der Waals surface area contributed by atoms with Crippen LogP contribution in [0.25, 0.3) is 6.08 Å². The van der Waals surface area contributed by atoms with E-state index in [9.17, 15) is 14.9 Å². The summed E-state index contributed by atoms with van der Waals surface area (Å²) in [6.45, 7) is 0. The van der Waals surface area contributed by atoms with E-state index in [1.807, 2.05) is 0 Å². The van der Waals surface area contributed by atoms with Crippen molar-refractivity contribution < 1.29 is 19.2 Å². The molecule has 0 unspecified atom stereocenters. The molecule has 166 valence electrons. The molecule has 3 aromatic carbocycles. The van der Waals surface area contributed by atoms with Crippen molar-refractivity contribution in [2.24, 2.45) is 4.99 Å². The summed E-state index contributed by atoms with van der Waals surface area (Å²) in [5, 5.41) is 11.4. The maximum atomic E-state index is 13.3. The van der Waals surface area contributed by atoms with Gasteiger partial charge in [0.2, 0.25) is 0 Å². The highest BCUT2D eigenvalue weighted by molar-refractivity contribution is 8.19. The van der Waals surface area contributed by atoms with Crippen LogP contribution in [-0.2, 0) is 4.79 Å². The Morgan fingerprint density at radius 1 is 0.909 bits per heavy atom. The van der Waals surface area contributed by atoms with Gasteiger partial charge in [-0.25, -0.2) is 4.99 Å². The molecule has 3 aromatic rings. The molecular weight excluding hydrogens is 442 g/mol. The van der Waals surface area contributed by atoms with Gasteiger partial charge >= 0.3 is 0 Å². The van der Waals surface area contributed by atoms with Gasteiger partial charge < -0.3 is 9.47 Å². The Hall–Kier alpha value is -4.11. The minimum absolute atomic E-state index is 0.0100. The summed E-state index contributed by atoms with van der Waals surface area (Å²) in [5.74, 6) is 1.14. The van der Waals surface area contributed by atoms with Gasteiger partial charge in [0.15, 0.2) is 5.17 Å². The number of ether oxygens (including phenoxy) is 2. The fraction of sp³-hybridized carbons (Fsp3) is 0.0833. The van der Waals surface area contributed by atoms with Crippen molar-refractivity contribution >= 4 is 46.0 Å². The second-order valence-corrected chi connectivity index (χ2v) is 7.90. The smallest absolute Gasteiger partial charge is 0.271 e. The van der Waals surface area contributed by atoms with Crippen LogP contribution in [0.4, 0.5) is 17.1 Å². The molecule has 1 aliphatic heterocycles. The quantitative estimate of drug-likeness (QED) is 0.276. The average molecular weight is 461 g/mol. The lowest BCUT2D eigenvalue weighted by Gasteiger charge is -2.16. The number of amides is 1. The number of aliphatic imine (C=N–C) groups is 1. The maximum Gasteiger partial charge on any atom is 0.271 e. The number of nitrogens with zero attached hydrogens (tertiary/aromatic N) is 3. The van der Waals surface area contributed by atoms with E-state index in [0.29, 0.717) is 38.5 Å². The predicted molar refractivity (Wildman–Crippen MR) is 129 cm³/mol. The number of amidine groups is 1. The van der Waals surface area contributed by atoms with Crippen molar-refractivity contribution in [3.63, 3.8) is 0 Å². The number of non-ortho nitro benzene ring substituents is 1. The minimum Gasteiger partial charge on any atom is -0.497 e. The van der Waals surface area contributed by atoms with Crippen molar-refractivity contribution in [1.82, 2.24) is 0 Å². The lowest BCUT2D eigenvalue weighted by molar-refractivity contribution is -0.384. The Balaban J connectivity index is 1.72. The van der Waals surface area contributed by atoms with E-state index in [-0.39, 0.29) is 11.6 Å². The SMILES string of the molecule is COc1ccc(N=C2SC(=Cc3ccc([N+](=O)[O-])cc3)C(=O)N2c2ccc(OC)cc2)cc1. The molecule has 0 bridgehead atoms. The first-order valence-electron chi connectivity index (χ1n) is 9.84. The monoisotopic (exact) mass is 461 g/mol. The Kier molecular flexibility index (Phi) is 6.41. The lowest BCUT2D eigenvalue weighted by Crippen LogP contribution is -2.28. The van der Waals surface area contributed by atoms with E-state index in [1.54, 1.807) is 81.0 Å². The molecule has 0 N–H and O–H groups in total. The molecular formula is C24H19N3O5S. The normalized spacial score (nSPS) is 15.8. The zero-order chi connectivity index (χ0) is 23.4. The lowest BCUT2D eigenvalue weighted by atomic mass is 10.2. The van der Waals surface area contributed by atoms with Crippen LogP contribution in [0.1, 0.15) is 5.56 Å². The molecule has 0 saturated carbocycles. The van der Waals surface area contributed by atoms with Crippen molar-refractivity contribution in [3.05, 3.63) is 93.4 Å². The number of rotatable bonds is 6. The number of anilines is 1. The molecule has 0 aliphatic carbocycles. The topological polar surface area (TPSA) is 94.3 Å². The Labute approximate surface area is 194 Å². The summed E-state index contributed by atoms with van der Waals surface area (Å²) < 4.78 is 10.4. The fourth-order valence-corrected chi connectivity index (χ4v) is 4.12. The second-order valence-electron chi connectivity index (χ2n) is 6.89. The van der Waals surface area contributed by atoms with Gasteiger partial charge in [-0.2, -0.15) is 0 Å². The van der Waals surface area contributed by atoms with Gasteiger partial charge in [-0.15, -0.1) is 0 Å². The Bertz CT molecular complexity index is 1240. The van der Waals surface area contributed by atoms with Crippen LogP contribution < -0.4 is 14.4 Å². The van der Waals surface area contributed by atoms with Crippen molar-refractivity contribution in [2.45, 2.75) is 0 Å². The van der Waals surface area contributed by atoms with Crippen LogP contribution in [0.3, 0.4) is 0 Å². The predicted octanol–water partition coefficient (Wildman–Crippen LogP) is 5.42. The summed E-state index contributed by atoms with van der Waals surface area (Å²) in [6.07, 6.45) is 1.70. The summed E-state index contributed by atoms with van der Waals surface area (Å²) in [5.41, 5.74) is 1.98. The minimum atomic E-state index is -0.461. The van der Waals surface area contributed by atoms with Crippen molar-refractivity contribution in [2.75, 3.05) is 19.1 Å². The molecule has 0 radical (unpaired) electrons. The number of methoxy groups -OCH3 is 2. The summed E-state index contributed by atoms with van der Waals surface area (Å²) in [4.78, 5) is 30.4. The van der Waals surface area contributed by atoms with E-state index < -0.39 is 4.92 Å². The van der Waals surface area contributed by atoms with Crippen LogP contribution in [0, 0.1) is 10.1 Å². The highest BCUT2D eigenvalue weighted by atomic mass is 32.2. The van der Waals surface area contributed by atoms with Crippen molar-refractivity contribution in [1.29, 1.82) is 0 Å². The Morgan fingerprint density at radius 3 is 2.03 bits per heavy atom. The van der Waals surface area contributed by atoms with E-state index in [1.165, 1.54) is 28.8 Å². The van der Waals surface area contributed by atoms with Gasteiger partial charge in [0.05, 0.1) is 35.4 Å². The molecule has 1 saturated heterocycles. The molecule has 0 aromatic heterocycles. The largest absolute Gasteiger partial charge is 0.497 e. The van der Waals surface area contributed by atoms with Gasteiger partial charge in [0, 0.05) is 12.1 Å². The number of carbonyl (C=O) groups excluding carboxylic acids is 1. The molecule has 1 aliphatic rings. The first kappa shape index (κ1) is 22.1. The highest BCUT2D eigenvalue weighted by Crippen LogP contribution is 2.38. The Morgan fingerprint density at radius 2 is 1.48 bits per heavy atom. The highest BCUT2D eigenvalue weighted by Gasteiger charge is 2.34. The van der Waals surface area contributed by atoms with Crippen LogP contribution in [0.5, 0.6) is 11.5 Å². The fourth-order valence-electron chi connectivity index (χ4n) is 3.12. The number of thioether (sulfide) groups is 1. The van der Waals surface area contributed by atoms with Crippen LogP contribution in [-0.4, -0.2) is 30.2 Å². The third-order valence-corrected chi connectivity index (χ3v) is 5.80. The summed E-state index contributed by atoms with van der Waals surface area (Å²) in [6, 6.07) is 20.4.